The Kier molecular flexibility index (Phi) is 3.85. The molecular weight excluding hydrogens is 296 g/mol. The van der Waals surface area contributed by atoms with Crippen molar-refractivity contribution < 1.29 is 0 Å². The van der Waals surface area contributed by atoms with E-state index in [-0.39, 0.29) is 5.41 Å². The number of nitrogens with zero attached hydrogens (tertiary/aromatic N) is 3. The van der Waals surface area contributed by atoms with E-state index in [1.54, 1.807) is 0 Å². The normalized spacial score (nSPS) is 22.4. The summed E-state index contributed by atoms with van der Waals surface area (Å²) in [6, 6.07) is 17.4. The zero-order valence-electron chi connectivity index (χ0n) is 14.3. The first-order valence-electron chi connectivity index (χ1n) is 8.73. The molecule has 4 heteroatoms. The average molecular weight is 320 g/mol. The van der Waals surface area contributed by atoms with Crippen molar-refractivity contribution in [3.63, 3.8) is 0 Å². The first-order chi connectivity index (χ1) is 11.7. The number of aromatic nitrogens is 3. The van der Waals surface area contributed by atoms with Crippen LogP contribution in [0.3, 0.4) is 0 Å². The van der Waals surface area contributed by atoms with Gasteiger partial charge in [0, 0.05) is 25.2 Å². The van der Waals surface area contributed by atoms with E-state index in [1.165, 1.54) is 12.0 Å². The zero-order chi connectivity index (χ0) is 16.6. The Morgan fingerprint density at radius 2 is 1.88 bits per heavy atom. The van der Waals surface area contributed by atoms with Crippen molar-refractivity contribution in [3.05, 3.63) is 66.1 Å². The maximum atomic E-state index is 4.31. The molecule has 4 nitrogen and oxygen atoms in total. The minimum absolute atomic E-state index is 0.286. The van der Waals surface area contributed by atoms with E-state index in [1.807, 2.05) is 24.4 Å². The molecule has 0 spiro atoms. The molecule has 0 radical (unpaired) electrons. The minimum atomic E-state index is 0.286. The number of fused-ring (bicyclic) bond motifs is 1. The molecular formula is C20H24N4. The fourth-order valence-corrected chi connectivity index (χ4v) is 3.94. The first-order valence-corrected chi connectivity index (χ1v) is 8.73. The molecule has 0 aliphatic heterocycles. The van der Waals surface area contributed by atoms with Gasteiger partial charge in [0.25, 0.3) is 0 Å². The van der Waals surface area contributed by atoms with Crippen molar-refractivity contribution in [3.8, 4) is 0 Å². The van der Waals surface area contributed by atoms with Crippen molar-refractivity contribution in [2.45, 2.75) is 38.6 Å². The van der Waals surface area contributed by atoms with Crippen LogP contribution in [0.15, 0.2) is 54.7 Å². The highest BCUT2D eigenvalue weighted by atomic mass is 15.2. The number of benzene rings is 1. The molecule has 2 heterocycles. The summed E-state index contributed by atoms with van der Waals surface area (Å²) in [5.41, 5.74) is 2.67. The van der Waals surface area contributed by atoms with Crippen molar-refractivity contribution in [1.82, 2.24) is 19.9 Å². The van der Waals surface area contributed by atoms with Gasteiger partial charge in [0.15, 0.2) is 5.65 Å². The molecule has 4 rings (SSSR count). The zero-order valence-corrected chi connectivity index (χ0v) is 14.3. The predicted molar refractivity (Wildman–Crippen MR) is 96.1 cm³/mol. The van der Waals surface area contributed by atoms with Crippen molar-refractivity contribution in [2.24, 2.45) is 5.41 Å². The first kappa shape index (κ1) is 15.3. The van der Waals surface area contributed by atoms with Crippen molar-refractivity contribution in [2.75, 3.05) is 6.54 Å². The van der Waals surface area contributed by atoms with E-state index in [0.29, 0.717) is 12.0 Å². The molecule has 1 aliphatic rings. The summed E-state index contributed by atoms with van der Waals surface area (Å²) >= 11 is 0. The predicted octanol–water partition coefficient (Wildman–Crippen LogP) is 3.44. The Hall–Kier alpha value is -2.20. The fourth-order valence-electron chi connectivity index (χ4n) is 3.94. The molecule has 0 amide bonds. The van der Waals surface area contributed by atoms with Gasteiger partial charge >= 0.3 is 0 Å². The Morgan fingerprint density at radius 1 is 1.08 bits per heavy atom. The van der Waals surface area contributed by atoms with Gasteiger partial charge in [-0.1, -0.05) is 50.2 Å². The average Bonchev–Trinajstić information content (AvgIpc) is 3.01. The third-order valence-corrected chi connectivity index (χ3v) is 5.59. The fraction of sp³-hybridized carbons (Fsp3) is 0.400. The van der Waals surface area contributed by atoms with Gasteiger partial charge in [-0.05, 0) is 35.4 Å². The van der Waals surface area contributed by atoms with Gasteiger partial charge in [0.1, 0.15) is 5.82 Å². The van der Waals surface area contributed by atoms with Gasteiger partial charge in [-0.2, -0.15) is 0 Å². The van der Waals surface area contributed by atoms with Crippen LogP contribution in [0.5, 0.6) is 0 Å². The summed E-state index contributed by atoms with van der Waals surface area (Å²) in [6.45, 7) is 5.68. The quantitative estimate of drug-likeness (QED) is 0.783. The van der Waals surface area contributed by atoms with Gasteiger partial charge in [-0.15, -0.1) is 10.2 Å². The molecule has 1 aliphatic carbocycles. The van der Waals surface area contributed by atoms with Crippen LogP contribution in [0.25, 0.3) is 5.65 Å². The number of rotatable bonds is 5. The van der Waals surface area contributed by atoms with Crippen LogP contribution in [-0.4, -0.2) is 27.2 Å². The molecule has 3 aromatic rings. The molecule has 1 aromatic carbocycles. The standard InChI is InChI=1S/C20H24N4/c1-20(2)16(15-8-4-3-5-9-15)14-17(20)21-12-11-19-23-22-18-10-6-7-13-24(18)19/h3-10,13,16-17,21H,11-12,14H2,1-2H3/t16-,17-/m1/s1. The van der Waals surface area contributed by atoms with E-state index in [9.17, 15) is 0 Å². The van der Waals surface area contributed by atoms with E-state index >= 15 is 0 Å². The Labute approximate surface area is 142 Å². The topological polar surface area (TPSA) is 42.2 Å². The Morgan fingerprint density at radius 3 is 2.67 bits per heavy atom. The maximum absolute atomic E-state index is 4.31. The van der Waals surface area contributed by atoms with Gasteiger partial charge in [0.2, 0.25) is 0 Å². The van der Waals surface area contributed by atoms with Crippen LogP contribution < -0.4 is 5.32 Å². The highest BCUT2D eigenvalue weighted by molar-refractivity contribution is 5.37. The van der Waals surface area contributed by atoms with E-state index < -0.39 is 0 Å². The summed E-state index contributed by atoms with van der Waals surface area (Å²) in [4.78, 5) is 0. The van der Waals surface area contributed by atoms with Crippen LogP contribution in [-0.2, 0) is 6.42 Å². The monoisotopic (exact) mass is 320 g/mol. The molecule has 1 N–H and O–H groups in total. The van der Waals surface area contributed by atoms with Gasteiger partial charge in [0.05, 0.1) is 0 Å². The van der Waals surface area contributed by atoms with Gasteiger partial charge in [-0.3, -0.25) is 4.40 Å². The molecule has 24 heavy (non-hydrogen) atoms. The van der Waals surface area contributed by atoms with E-state index in [2.05, 4.69) is 64.1 Å². The minimum Gasteiger partial charge on any atom is -0.313 e. The smallest absolute Gasteiger partial charge is 0.160 e. The molecule has 2 atom stereocenters. The number of nitrogens with one attached hydrogen (secondary N) is 1. The largest absolute Gasteiger partial charge is 0.313 e. The number of pyridine rings is 1. The number of hydrogen-bond acceptors (Lipinski definition) is 3. The Balaban J connectivity index is 1.36. The number of hydrogen-bond donors (Lipinski definition) is 1. The summed E-state index contributed by atoms with van der Waals surface area (Å²) in [5, 5.41) is 12.3. The molecule has 124 valence electrons. The van der Waals surface area contributed by atoms with Crippen LogP contribution in [0.2, 0.25) is 0 Å². The lowest BCUT2D eigenvalue weighted by Crippen LogP contribution is -2.55. The second-order valence-electron chi connectivity index (χ2n) is 7.32. The highest BCUT2D eigenvalue weighted by Crippen LogP contribution is 2.52. The molecule has 0 unspecified atom stereocenters. The van der Waals surface area contributed by atoms with Crippen molar-refractivity contribution in [1.29, 1.82) is 0 Å². The lowest BCUT2D eigenvalue weighted by molar-refractivity contribution is 0.0696. The van der Waals surface area contributed by atoms with Crippen LogP contribution in [0, 0.1) is 5.41 Å². The second kappa shape index (κ2) is 6.02. The summed E-state index contributed by atoms with van der Waals surface area (Å²) < 4.78 is 2.07. The maximum Gasteiger partial charge on any atom is 0.160 e. The van der Waals surface area contributed by atoms with Crippen LogP contribution in [0.4, 0.5) is 0 Å². The molecule has 1 saturated carbocycles. The summed E-state index contributed by atoms with van der Waals surface area (Å²) in [6.07, 6.45) is 4.13. The third-order valence-electron chi connectivity index (χ3n) is 5.59. The lowest BCUT2D eigenvalue weighted by Gasteiger charge is -2.53. The van der Waals surface area contributed by atoms with Crippen molar-refractivity contribution >= 4 is 5.65 Å². The second-order valence-corrected chi connectivity index (χ2v) is 7.32. The highest BCUT2D eigenvalue weighted by Gasteiger charge is 2.48. The summed E-state index contributed by atoms with van der Waals surface area (Å²) in [7, 11) is 0. The van der Waals surface area contributed by atoms with Gasteiger partial charge in [-0.25, -0.2) is 0 Å². The SMILES string of the molecule is CC1(C)[C@@H](c2ccccc2)C[C@H]1NCCc1nnc2ccccn12. The molecule has 1 fully saturated rings. The Bertz CT molecular complexity index is 822. The van der Waals surface area contributed by atoms with Gasteiger partial charge < -0.3 is 5.32 Å². The van der Waals surface area contributed by atoms with Crippen LogP contribution >= 0.6 is 0 Å². The molecule has 0 saturated heterocycles. The van der Waals surface area contributed by atoms with E-state index in [4.69, 9.17) is 0 Å². The van der Waals surface area contributed by atoms with E-state index in [0.717, 1.165) is 24.4 Å². The third kappa shape index (κ3) is 2.61. The lowest BCUT2D eigenvalue weighted by atomic mass is 9.56. The summed E-state index contributed by atoms with van der Waals surface area (Å²) in [5.74, 6) is 1.67. The van der Waals surface area contributed by atoms with Crippen LogP contribution in [0.1, 0.15) is 37.6 Å². The molecule has 2 aromatic heterocycles. The molecule has 0 bridgehead atoms.